The van der Waals surface area contributed by atoms with E-state index in [2.05, 4.69) is 5.32 Å². The number of ether oxygens (including phenoxy) is 2. The SMILES string of the molecule is CCOc1ccc(N([C@H](C)C(=O)NCCOc2ccc(C)cc2)S(C)(=O)=O)cc1. The van der Waals surface area contributed by atoms with E-state index < -0.39 is 22.0 Å². The van der Waals surface area contributed by atoms with Crippen molar-refractivity contribution in [2.75, 3.05) is 30.3 Å². The summed E-state index contributed by atoms with van der Waals surface area (Å²) in [5, 5.41) is 2.72. The minimum Gasteiger partial charge on any atom is -0.494 e. The summed E-state index contributed by atoms with van der Waals surface area (Å²) in [6.07, 6.45) is 1.08. The number of sulfonamides is 1. The molecule has 0 aromatic heterocycles. The average Bonchev–Trinajstić information content (AvgIpc) is 2.67. The fraction of sp³-hybridized carbons (Fsp3) is 0.381. The fourth-order valence-corrected chi connectivity index (χ4v) is 3.96. The van der Waals surface area contributed by atoms with Crippen molar-refractivity contribution < 1.29 is 22.7 Å². The Morgan fingerprint density at radius 3 is 2.14 bits per heavy atom. The quantitative estimate of drug-likeness (QED) is 0.598. The van der Waals surface area contributed by atoms with E-state index in [-0.39, 0.29) is 13.2 Å². The van der Waals surface area contributed by atoms with Gasteiger partial charge in [0.25, 0.3) is 0 Å². The maximum absolute atomic E-state index is 12.5. The summed E-state index contributed by atoms with van der Waals surface area (Å²) >= 11 is 0. The average molecular weight is 421 g/mol. The summed E-state index contributed by atoms with van der Waals surface area (Å²) in [6, 6.07) is 13.3. The Morgan fingerprint density at radius 2 is 1.59 bits per heavy atom. The van der Waals surface area contributed by atoms with E-state index in [0.29, 0.717) is 23.8 Å². The summed E-state index contributed by atoms with van der Waals surface area (Å²) in [7, 11) is -3.66. The Balaban J connectivity index is 1.98. The van der Waals surface area contributed by atoms with Crippen molar-refractivity contribution in [3.05, 3.63) is 54.1 Å². The Kier molecular flexibility index (Phi) is 7.90. The monoisotopic (exact) mass is 420 g/mol. The lowest BCUT2D eigenvalue weighted by molar-refractivity contribution is -0.121. The molecule has 0 aliphatic carbocycles. The van der Waals surface area contributed by atoms with Crippen molar-refractivity contribution in [2.45, 2.75) is 26.8 Å². The van der Waals surface area contributed by atoms with Crippen LogP contribution in [0.5, 0.6) is 11.5 Å². The number of benzene rings is 2. The zero-order valence-electron chi connectivity index (χ0n) is 17.2. The fourth-order valence-electron chi connectivity index (χ4n) is 2.79. The molecule has 2 aromatic carbocycles. The van der Waals surface area contributed by atoms with Crippen LogP contribution < -0.4 is 19.1 Å². The molecule has 0 unspecified atom stereocenters. The molecule has 0 fully saturated rings. The molecule has 0 saturated heterocycles. The van der Waals surface area contributed by atoms with Crippen LogP contribution >= 0.6 is 0 Å². The van der Waals surface area contributed by atoms with Gasteiger partial charge in [-0.3, -0.25) is 9.10 Å². The first-order chi connectivity index (χ1) is 13.7. The molecule has 0 heterocycles. The molecule has 1 N–H and O–H groups in total. The number of nitrogens with one attached hydrogen (secondary N) is 1. The molecule has 0 bridgehead atoms. The van der Waals surface area contributed by atoms with E-state index in [1.807, 2.05) is 38.1 Å². The van der Waals surface area contributed by atoms with Gasteiger partial charge in [-0.25, -0.2) is 8.42 Å². The molecule has 0 saturated carbocycles. The number of rotatable bonds is 10. The van der Waals surface area contributed by atoms with Crippen LogP contribution in [0.2, 0.25) is 0 Å². The third kappa shape index (κ3) is 6.67. The van der Waals surface area contributed by atoms with Crippen molar-refractivity contribution in [3.8, 4) is 11.5 Å². The van der Waals surface area contributed by atoms with Gasteiger partial charge in [0.1, 0.15) is 24.1 Å². The maximum Gasteiger partial charge on any atom is 0.243 e. The van der Waals surface area contributed by atoms with Crippen LogP contribution in [-0.2, 0) is 14.8 Å². The van der Waals surface area contributed by atoms with Gasteiger partial charge in [0.05, 0.1) is 25.1 Å². The Labute approximate surface area is 172 Å². The summed E-state index contributed by atoms with van der Waals surface area (Å²) in [5.74, 6) is 0.942. The normalized spacial score (nSPS) is 12.1. The number of hydrogen-bond donors (Lipinski definition) is 1. The van der Waals surface area contributed by atoms with Gasteiger partial charge in [-0.1, -0.05) is 17.7 Å². The number of nitrogens with zero attached hydrogens (tertiary/aromatic N) is 1. The van der Waals surface area contributed by atoms with Crippen molar-refractivity contribution in [1.29, 1.82) is 0 Å². The molecule has 1 atom stereocenters. The van der Waals surface area contributed by atoms with Gasteiger partial charge >= 0.3 is 0 Å². The van der Waals surface area contributed by atoms with Crippen molar-refractivity contribution in [2.24, 2.45) is 0 Å². The summed E-state index contributed by atoms with van der Waals surface area (Å²) in [4.78, 5) is 12.5. The number of aryl methyl sites for hydroxylation is 1. The highest BCUT2D eigenvalue weighted by atomic mass is 32.2. The van der Waals surface area contributed by atoms with Crippen molar-refractivity contribution >= 4 is 21.6 Å². The van der Waals surface area contributed by atoms with E-state index in [9.17, 15) is 13.2 Å². The van der Waals surface area contributed by atoms with Gasteiger partial charge in [0, 0.05) is 0 Å². The van der Waals surface area contributed by atoms with Crippen LogP contribution in [-0.4, -0.2) is 46.4 Å². The van der Waals surface area contributed by atoms with Gasteiger partial charge in [-0.05, 0) is 57.2 Å². The lowest BCUT2D eigenvalue weighted by atomic mass is 10.2. The van der Waals surface area contributed by atoms with Gasteiger partial charge in [0.15, 0.2) is 0 Å². The molecule has 0 radical (unpaired) electrons. The highest BCUT2D eigenvalue weighted by Crippen LogP contribution is 2.24. The highest BCUT2D eigenvalue weighted by Gasteiger charge is 2.28. The van der Waals surface area contributed by atoms with Crippen molar-refractivity contribution in [3.63, 3.8) is 0 Å². The molecule has 158 valence electrons. The van der Waals surface area contributed by atoms with Crippen LogP contribution in [0, 0.1) is 6.92 Å². The van der Waals surface area contributed by atoms with Crippen LogP contribution in [0.25, 0.3) is 0 Å². The van der Waals surface area contributed by atoms with Gasteiger partial charge < -0.3 is 14.8 Å². The lowest BCUT2D eigenvalue weighted by Gasteiger charge is -2.28. The minimum absolute atomic E-state index is 0.262. The van der Waals surface area contributed by atoms with Crippen LogP contribution in [0.15, 0.2) is 48.5 Å². The zero-order chi connectivity index (χ0) is 21.4. The first kappa shape index (κ1) is 22.5. The van der Waals surface area contributed by atoms with E-state index in [0.717, 1.165) is 16.1 Å². The molecular formula is C21H28N2O5S. The molecule has 0 aliphatic rings. The second kappa shape index (κ2) is 10.2. The second-order valence-electron chi connectivity index (χ2n) is 6.61. The lowest BCUT2D eigenvalue weighted by Crippen LogP contribution is -2.48. The van der Waals surface area contributed by atoms with Crippen LogP contribution in [0.4, 0.5) is 5.69 Å². The molecule has 29 heavy (non-hydrogen) atoms. The third-order valence-corrected chi connectivity index (χ3v) is 5.42. The molecule has 0 spiro atoms. The Bertz CT molecular complexity index is 896. The molecule has 8 heteroatoms. The molecule has 7 nitrogen and oxygen atoms in total. The Morgan fingerprint density at radius 1 is 1.03 bits per heavy atom. The van der Waals surface area contributed by atoms with Crippen LogP contribution in [0.3, 0.4) is 0 Å². The molecule has 0 aliphatic heterocycles. The summed E-state index contributed by atoms with van der Waals surface area (Å²) < 4.78 is 36.7. The first-order valence-corrected chi connectivity index (χ1v) is 11.3. The van der Waals surface area contributed by atoms with E-state index in [1.54, 1.807) is 31.2 Å². The van der Waals surface area contributed by atoms with Crippen LogP contribution in [0.1, 0.15) is 19.4 Å². The predicted octanol–water partition coefficient (Wildman–Crippen LogP) is 2.74. The topological polar surface area (TPSA) is 84.9 Å². The molecule has 2 aromatic rings. The summed E-state index contributed by atoms with van der Waals surface area (Å²) in [5.41, 5.74) is 1.53. The molecule has 1 amide bonds. The van der Waals surface area contributed by atoms with E-state index >= 15 is 0 Å². The highest BCUT2D eigenvalue weighted by molar-refractivity contribution is 7.92. The predicted molar refractivity (Wildman–Crippen MR) is 114 cm³/mol. The van der Waals surface area contributed by atoms with Gasteiger partial charge in [-0.15, -0.1) is 0 Å². The third-order valence-electron chi connectivity index (χ3n) is 4.18. The summed E-state index contributed by atoms with van der Waals surface area (Å²) in [6.45, 7) is 6.46. The largest absolute Gasteiger partial charge is 0.494 e. The Hall–Kier alpha value is -2.74. The number of amides is 1. The number of hydrogen-bond acceptors (Lipinski definition) is 5. The standard InChI is InChI=1S/C21H28N2O5S/c1-5-27-19-12-8-18(9-13-19)23(29(4,25)26)17(3)21(24)22-14-15-28-20-10-6-16(2)7-11-20/h6-13,17H,5,14-15H2,1-4H3,(H,22,24)/t17-/m1/s1. The van der Waals surface area contributed by atoms with E-state index in [1.165, 1.54) is 0 Å². The minimum atomic E-state index is -3.66. The maximum atomic E-state index is 12.5. The van der Waals surface area contributed by atoms with Gasteiger partial charge in [-0.2, -0.15) is 0 Å². The van der Waals surface area contributed by atoms with E-state index in [4.69, 9.17) is 9.47 Å². The zero-order valence-corrected chi connectivity index (χ0v) is 18.0. The number of anilines is 1. The first-order valence-electron chi connectivity index (χ1n) is 9.42. The van der Waals surface area contributed by atoms with Gasteiger partial charge in [0.2, 0.25) is 15.9 Å². The number of carbonyl (C=O) groups is 1. The number of carbonyl (C=O) groups excluding carboxylic acids is 1. The van der Waals surface area contributed by atoms with Crippen molar-refractivity contribution in [1.82, 2.24) is 5.32 Å². The smallest absolute Gasteiger partial charge is 0.243 e. The second-order valence-corrected chi connectivity index (χ2v) is 8.47. The molecular weight excluding hydrogens is 392 g/mol. The molecule has 2 rings (SSSR count).